The molecule has 4 heterocycles. The van der Waals surface area contributed by atoms with Gasteiger partial charge in [-0.1, -0.05) is 45.4 Å². The maximum Gasteiger partial charge on any atom is 0.242 e. The molecule has 1 fully saturated rings. The minimum Gasteiger partial charge on any atom is -0.341 e. The molecule has 1 aromatic carbocycles. The second kappa shape index (κ2) is 10.5. The molecule has 0 saturated carbocycles. The number of hydrogen-bond acceptors (Lipinski definition) is 5. The quantitative estimate of drug-likeness (QED) is 0.384. The number of likely N-dealkylation sites (tertiary alicyclic amines) is 1. The van der Waals surface area contributed by atoms with Gasteiger partial charge in [0.05, 0.1) is 22.4 Å². The zero-order valence-electron chi connectivity index (χ0n) is 23.3. The lowest BCUT2D eigenvalue weighted by Crippen LogP contribution is -2.46. The van der Waals surface area contributed by atoms with Gasteiger partial charge in [0, 0.05) is 24.1 Å². The van der Waals surface area contributed by atoms with Gasteiger partial charge in [-0.05, 0) is 66.6 Å². The Hall–Kier alpha value is -2.58. The maximum absolute atomic E-state index is 13.8. The van der Waals surface area contributed by atoms with Crippen LogP contribution in [0.4, 0.5) is 5.82 Å². The predicted molar refractivity (Wildman–Crippen MR) is 158 cm³/mol. The number of anilines is 1. The number of thioether (sulfide) groups is 1. The second-order valence-corrected chi connectivity index (χ2v) is 13.7. The summed E-state index contributed by atoms with van der Waals surface area (Å²) in [5.74, 6) is 1.66. The first-order valence-corrected chi connectivity index (χ1v) is 15.5. The Balaban J connectivity index is 1.70. The highest BCUT2D eigenvalue weighted by Crippen LogP contribution is 2.49. The molecule has 2 aliphatic rings. The van der Waals surface area contributed by atoms with Gasteiger partial charge in [-0.25, -0.2) is 4.68 Å². The Labute approximate surface area is 234 Å². The van der Waals surface area contributed by atoms with Crippen LogP contribution in [0, 0.1) is 19.8 Å². The molecule has 2 aliphatic heterocycles. The van der Waals surface area contributed by atoms with E-state index in [9.17, 15) is 9.59 Å². The number of rotatable bonds is 4. The van der Waals surface area contributed by atoms with Gasteiger partial charge < -0.3 is 4.90 Å². The molecule has 1 atom stereocenters. The van der Waals surface area contributed by atoms with E-state index in [0.717, 1.165) is 54.3 Å². The van der Waals surface area contributed by atoms with Crippen LogP contribution < -0.4 is 4.90 Å². The van der Waals surface area contributed by atoms with Gasteiger partial charge in [-0.15, -0.1) is 11.8 Å². The molecule has 3 aromatic rings. The Bertz CT molecular complexity index is 1330. The van der Waals surface area contributed by atoms with Crippen molar-refractivity contribution in [2.75, 3.05) is 30.3 Å². The molecule has 6 nitrogen and oxygen atoms in total. The first-order valence-electron chi connectivity index (χ1n) is 13.5. The molecule has 202 valence electrons. The van der Waals surface area contributed by atoms with E-state index in [-0.39, 0.29) is 29.0 Å². The summed E-state index contributed by atoms with van der Waals surface area (Å²) in [4.78, 5) is 31.1. The number of fused-ring (bicyclic) bond motifs is 1. The van der Waals surface area contributed by atoms with Crippen molar-refractivity contribution in [2.24, 2.45) is 5.92 Å². The highest BCUT2D eigenvalue weighted by molar-refractivity contribution is 8.00. The predicted octanol–water partition coefficient (Wildman–Crippen LogP) is 6.28. The fourth-order valence-corrected chi connectivity index (χ4v) is 7.42. The van der Waals surface area contributed by atoms with E-state index in [1.165, 1.54) is 11.1 Å². The summed E-state index contributed by atoms with van der Waals surface area (Å²) in [5.41, 5.74) is 6.14. The van der Waals surface area contributed by atoms with Crippen molar-refractivity contribution < 1.29 is 9.59 Å². The van der Waals surface area contributed by atoms with Crippen LogP contribution in [0.15, 0.2) is 35.0 Å². The number of carbonyl (C=O) groups excluding carboxylic acids is 2. The summed E-state index contributed by atoms with van der Waals surface area (Å²) in [6.45, 7) is 14.5. The number of amides is 2. The van der Waals surface area contributed by atoms with Crippen molar-refractivity contribution >= 4 is 40.7 Å². The van der Waals surface area contributed by atoms with Crippen LogP contribution in [0.2, 0.25) is 0 Å². The SMILES string of the molecule is Cc1ccc(-n2nc(C(C)(C)C)c3c2N(CC(=O)N2CCC(C)CC2)C(=O)CSC3c2ccsc2)c(C)c1. The zero-order valence-corrected chi connectivity index (χ0v) is 24.9. The van der Waals surface area contributed by atoms with E-state index in [0.29, 0.717) is 11.7 Å². The molecule has 5 rings (SSSR count). The number of thiophene rings is 1. The van der Waals surface area contributed by atoms with Gasteiger partial charge in [-0.3, -0.25) is 14.5 Å². The maximum atomic E-state index is 13.8. The topological polar surface area (TPSA) is 58.4 Å². The Morgan fingerprint density at radius 2 is 1.87 bits per heavy atom. The van der Waals surface area contributed by atoms with E-state index in [2.05, 4.69) is 76.6 Å². The van der Waals surface area contributed by atoms with Crippen LogP contribution in [0.5, 0.6) is 0 Å². The molecule has 0 aliphatic carbocycles. The highest BCUT2D eigenvalue weighted by Gasteiger charge is 2.40. The van der Waals surface area contributed by atoms with Gasteiger partial charge >= 0.3 is 0 Å². The van der Waals surface area contributed by atoms with E-state index in [4.69, 9.17) is 5.10 Å². The van der Waals surface area contributed by atoms with Crippen molar-refractivity contribution in [3.8, 4) is 5.69 Å². The third-order valence-corrected chi connectivity index (χ3v) is 9.61. The number of aryl methyl sites for hydroxylation is 2. The lowest BCUT2D eigenvalue weighted by Gasteiger charge is -2.32. The van der Waals surface area contributed by atoms with Crippen LogP contribution in [0.3, 0.4) is 0 Å². The molecule has 2 aromatic heterocycles. The van der Waals surface area contributed by atoms with Crippen LogP contribution >= 0.6 is 23.1 Å². The Kier molecular flexibility index (Phi) is 7.48. The molecule has 1 unspecified atom stereocenters. The minimum atomic E-state index is -0.255. The van der Waals surface area contributed by atoms with Gasteiger partial charge in [0.1, 0.15) is 12.4 Å². The molecule has 0 bridgehead atoms. The highest BCUT2D eigenvalue weighted by atomic mass is 32.2. The number of nitrogens with zero attached hydrogens (tertiary/aromatic N) is 4. The summed E-state index contributed by atoms with van der Waals surface area (Å²) in [6.07, 6.45) is 2.02. The summed E-state index contributed by atoms with van der Waals surface area (Å²) in [7, 11) is 0. The largest absolute Gasteiger partial charge is 0.341 e. The molecule has 0 N–H and O–H groups in total. The first-order chi connectivity index (χ1) is 18.0. The third kappa shape index (κ3) is 5.17. The smallest absolute Gasteiger partial charge is 0.242 e. The number of aromatic nitrogens is 2. The van der Waals surface area contributed by atoms with Crippen molar-refractivity contribution in [1.82, 2.24) is 14.7 Å². The molecule has 38 heavy (non-hydrogen) atoms. The van der Waals surface area contributed by atoms with Crippen LogP contribution in [0.1, 0.15) is 73.7 Å². The van der Waals surface area contributed by atoms with Gasteiger partial charge in [-0.2, -0.15) is 16.4 Å². The van der Waals surface area contributed by atoms with E-state index in [1.807, 2.05) is 9.58 Å². The Morgan fingerprint density at radius 1 is 1.13 bits per heavy atom. The molecule has 1 saturated heterocycles. The molecule has 2 amide bonds. The van der Waals surface area contributed by atoms with E-state index >= 15 is 0 Å². The standard InChI is InChI=1S/C30H38N4O2S2/c1-19-9-12-32(13-10-19)24(35)16-33-25(36)18-38-27(22-11-14-37-17-22)26-28(30(4,5)6)31-34(29(26)33)23-8-7-20(2)15-21(23)3/h7-8,11,14-15,17,19,27H,9-10,12-13,16,18H2,1-6H3. The lowest BCUT2D eigenvalue weighted by molar-refractivity contribution is -0.132. The average molecular weight is 551 g/mol. The first kappa shape index (κ1) is 27.0. The molecule has 8 heteroatoms. The summed E-state index contributed by atoms with van der Waals surface area (Å²) in [6, 6.07) is 8.46. The fourth-order valence-electron chi connectivity index (χ4n) is 5.46. The Morgan fingerprint density at radius 3 is 2.50 bits per heavy atom. The lowest BCUT2D eigenvalue weighted by atomic mass is 9.87. The second-order valence-electron chi connectivity index (χ2n) is 11.8. The normalized spacial score (nSPS) is 19.0. The number of carbonyl (C=O) groups is 2. The summed E-state index contributed by atoms with van der Waals surface area (Å²) in [5, 5.41) is 9.45. The van der Waals surface area contributed by atoms with Crippen LogP contribution in [0.25, 0.3) is 5.69 Å². The number of benzene rings is 1. The van der Waals surface area contributed by atoms with E-state index in [1.54, 1.807) is 28.0 Å². The van der Waals surface area contributed by atoms with Crippen molar-refractivity contribution in [1.29, 1.82) is 0 Å². The molecule has 0 spiro atoms. The van der Waals surface area contributed by atoms with E-state index < -0.39 is 0 Å². The average Bonchev–Trinajstić information content (AvgIpc) is 3.49. The van der Waals surface area contributed by atoms with Gasteiger partial charge in [0.25, 0.3) is 0 Å². The van der Waals surface area contributed by atoms with Crippen LogP contribution in [-0.2, 0) is 15.0 Å². The van der Waals surface area contributed by atoms with Gasteiger partial charge in [0.2, 0.25) is 11.8 Å². The number of hydrogen-bond donors (Lipinski definition) is 0. The minimum absolute atomic E-state index is 0.0147. The van der Waals surface area contributed by atoms with Crippen molar-refractivity contribution in [2.45, 2.75) is 65.0 Å². The monoisotopic (exact) mass is 550 g/mol. The van der Waals surface area contributed by atoms with Crippen LogP contribution in [-0.4, -0.2) is 51.9 Å². The zero-order chi connectivity index (χ0) is 27.2. The third-order valence-electron chi connectivity index (χ3n) is 7.66. The summed E-state index contributed by atoms with van der Waals surface area (Å²) < 4.78 is 1.94. The fraction of sp³-hybridized carbons (Fsp3) is 0.500. The van der Waals surface area contributed by atoms with Gasteiger partial charge in [0.15, 0.2) is 0 Å². The molecular weight excluding hydrogens is 512 g/mol. The number of piperidine rings is 1. The van der Waals surface area contributed by atoms with Crippen molar-refractivity contribution in [3.05, 3.63) is 63.0 Å². The summed E-state index contributed by atoms with van der Waals surface area (Å²) >= 11 is 3.31. The van der Waals surface area contributed by atoms with Crippen molar-refractivity contribution in [3.63, 3.8) is 0 Å². The molecule has 0 radical (unpaired) electrons. The molecular formula is C30H38N4O2S2.